The zero-order valence-electron chi connectivity index (χ0n) is 10.8. The van der Waals surface area contributed by atoms with E-state index in [1.165, 1.54) is 39.0 Å². The van der Waals surface area contributed by atoms with E-state index < -0.39 is 0 Å². The maximum atomic E-state index is 2.64. The third-order valence-electron chi connectivity index (χ3n) is 4.32. The summed E-state index contributed by atoms with van der Waals surface area (Å²) in [5.41, 5.74) is 0.512. The largest absolute Gasteiger partial charge is 0.302 e. The normalized spacial score (nSPS) is 30.8. The first kappa shape index (κ1) is 11.4. The fraction of sp³-hybridized carbons (Fsp3) is 1.00. The number of likely N-dealkylation sites (N-methyl/N-ethyl adjacent to an activating group) is 1. The summed E-state index contributed by atoms with van der Waals surface area (Å²) in [5.74, 6) is 0.921. The van der Waals surface area contributed by atoms with Crippen LogP contribution in [0.3, 0.4) is 0 Å². The molecular weight excluding hydrogens is 184 g/mol. The zero-order valence-corrected chi connectivity index (χ0v) is 10.8. The van der Waals surface area contributed by atoms with Crippen molar-refractivity contribution in [1.29, 1.82) is 0 Å². The number of likely N-dealkylation sites (tertiary alicyclic amines) is 2. The Kier molecular flexibility index (Phi) is 3.09. The first-order chi connectivity index (χ1) is 6.97. The van der Waals surface area contributed by atoms with Crippen LogP contribution in [0.5, 0.6) is 0 Å². The van der Waals surface area contributed by atoms with E-state index in [1.54, 1.807) is 0 Å². The van der Waals surface area contributed by atoms with Crippen molar-refractivity contribution in [2.24, 2.45) is 11.3 Å². The molecule has 2 nitrogen and oxygen atoms in total. The second kappa shape index (κ2) is 4.06. The molecule has 0 N–H and O–H groups in total. The van der Waals surface area contributed by atoms with Crippen LogP contribution in [0, 0.1) is 11.3 Å². The van der Waals surface area contributed by atoms with E-state index in [0.717, 1.165) is 12.0 Å². The molecular formula is C13H26N2. The second-order valence-electron chi connectivity index (χ2n) is 6.56. The lowest BCUT2D eigenvalue weighted by atomic mass is 9.76. The van der Waals surface area contributed by atoms with Gasteiger partial charge in [-0.2, -0.15) is 0 Å². The van der Waals surface area contributed by atoms with E-state index in [9.17, 15) is 0 Å². The number of hydrogen-bond acceptors (Lipinski definition) is 2. The third-order valence-corrected chi connectivity index (χ3v) is 4.32. The monoisotopic (exact) mass is 210 g/mol. The van der Waals surface area contributed by atoms with Crippen LogP contribution < -0.4 is 0 Å². The Balaban J connectivity index is 1.72. The van der Waals surface area contributed by atoms with Crippen molar-refractivity contribution >= 4 is 0 Å². The highest BCUT2D eigenvalue weighted by molar-refractivity contribution is 4.91. The van der Waals surface area contributed by atoms with Gasteiger partial charge in [0.2, 0.25) is 0 Å². The Morgan fingerprint density at radius 3 is 2.33 bits per heavy atom. The van der Waals surface area contributed by atoms with Gasteiger partial charge in [0.05, 0.1) is 0 Å². The van der Waals surface area contributed by atoms with E-state index in [-0.39, 0.29) is 0 Å². The molecule has 2 aliphatic rings. The summed E-state index contributed by atoms with van der Waals surface area (Å²) in [6.45, 7) is 12.4. The van der Waals surface area contributed by atoms with Crippen molar-refractivity contribution in [2.45, 2.75) is 39.7 Å². The van der Waals surface area contributed by atoms with E-state index in [2.05, 4.69) is 37.6 Å². The first-order valence-electron chi connectivity index (χ1n) is 6.39. The summed E-state index contributed by atoms with van der Waals surface area (Å²) >= 11 is 0. The topological polar surface area (TPSA) is 6.48 Å². The van der Waals surface area contributed by atoms with E-state index in [4.69, 9.17) is 0 Å². The lowest BCUT2D eigenvalue weighted by molar-refractivity contribution is 0.0113. The van der Waals surface area contributed by atoms with Crippen LogP contribution >= 0.6 is 0 Å². The lowest BCUT2D eigenvalue weighted by Crippen LogP contribution is -2.55. The van der Waals surface area contributed by atoms with Crippen LogP contribution in [0.4, 0.5) is 0 Å². The molecule has 0 aromatic carbocycles. The van der Waals surface area contributed by atoms with Crippen LogP contribution in [0.2, 0.25) is 0 Å². The summed E-state index contributed by atoms with van der Waals surface area (Å²) in [7, 11) is 2.28. The second-order valence-corrected chi connectivity index (χ2v) is 6.56. The molecule has 1 unspecified atom stereocenters. The van der Waals surface area contributed by atoms with Gasteiger partial charge in [-0.05, 0) is 37.8 Å². The molecule has 0 aliphatic carbocycles. The van der Waals surface area contributed by atoms with Gasteiger partial charge in [0, 0.05) is 25.7 Å². The SMILES string of the molecule is CN1CCCC1CN1CC(C(C)(C)C)C1. The van der Waals surface area contributed by atoms with Gasteiger partial charge in [0.1, 0.15) is 0 Å². The lowest BCUT2D eigenvalue weighted by Gasteiger charge is -2.47. The van der Waals surface area contributed by atoms with Crippen LogP contribution in [-0.4, -0.2) is 49.1 Å². The molecule has 0 amide bonds. The van der Waals surface area contributed by atoms with E-state index in [0.29, 0.717) is 5.41 Å². The van der Waals surface area contributed by atoms with Crippen LogP contribution in [0.15, 0.2) is 0 Å². The third kappa shape index (κ3) is 2.54. The first-order valence-corrected chi connectivity index (χ1v) is 6.39. The number of hydrogen-bond donors (Lipinski definition) is 0. The average Bonchev–Trinajstić information content (AvgIpc) is 2.40. The van der Waals surface area contributed by atoms with Gasteiger partial charge in [-0.3, -0.25) is 0 Å². The fourth-order valence-corrected chi connectivity index (χ4v) is 2.77. The van der Waals surface area contributed by atoms with Crippen LogP contribution in [0.25, 0.3) is 0 Å². The summed E-state index contributed by atoms with van der Waals surface area (Å²) in [6, 6.07) is 0.839. The highest BCUT2D eigenvalue weighted by Crippen LogP contribution is 2.34. The van der Waals surface area contributed by atoms with Gasteiger partial charge < -0.3 is 9.80 Å². The van der Waals surface area contributed by atoms with Crippen molar-refractivity contribution in [3.05, 3.63) is 0 Å². The predicted octanol–water partition coefficient (Wildman–Crippen LogP) is 2.06. The summed E-state index contributed by atoms with van der Waals surface area (Å²) in [4.78, 5) is 5.17. The summed E-state index contributed by atoms with van der Waals surface area (Å²) in [6.07, 6.45) is 2.81. The molecule has 2 fully saturated rings. The molecule has 2 aliphatic heterocycles. The molecule has 0 saturated carbocycles. The molecule has 15 heavy (non-hydrogen) atoms. The van der Waals surface area contributed by atoms with Gasteiger partial charge in [0.15, 0.2) is 0 Å². The molecule has 2 heterocycles. The Bertz CT molecular complexity index is 213. The van der Waals surface area contributed by atoms with Crippen molar-refractivity contribution in [3.63, 3.8) is 0 Å². The minimum atomic E-state index is 0.512. The zero-order chi connectivity index (χ0) is 11.1. The molecule has 2 heteroatoms. The Hall–Kier alpha value is -0.0800. The van der Waals surface area contributed by atoms with Crippen molar-refractivity contribution in [2.75, 3.05) is 33.2 Å². The summed E-state index contributed by atoms with van der Waals surface area (Å²) < 4.78 is 0. The van der Waals surface area contributed by atoms with E-state index >= 15 is 0 Å². The molecule has 2 saturated heterocycles. The molecule has 0 aromatic heterocycles. The minimum Gasteiger partial charge on any atom is -0.302 e. The van der Waals surface area contributed by atoms with Gasteiger partial charge >= 0.3 is 0 Å². The quantitative estimate of drug-likeness (QED) is 0.688. The van der Waals surface area contributed by atoms with Crippen molar-refractivity contribution in [1.82, 2.24) is 9.80 Å². The number of nitrogens with zero attached hydrogens (tertiary/aromatic N) is 2. The molecule has 0 radical (unpaired) electrons. The van der Waals surface area contributed by atoms with E-state index in [1.807, 2.05) is 0 Å². The van der Waals surface area contributed by atoms with Crippen molar-refractivity contribution in [3.8, 4) is 0 Å². The summed E-state index contributed by atoms with van der Waals surface area (Å²) in [5, 5.41) is 0. The Labute approximate surface area is 94.6 Å². The standard InChI is InChI=1S/C13H26N2/c1-13(2,3)11-8-15(9-11)10-12-6-5-7-14(12)4/h11-12H,5-10H2,1-4H3. The van der Waals surface area contributed by atoms with Crippen molar-refractivity contribution < 1.29 is 0 Å². The Morgan fingerprint density at radius 2 is 1.87 bits per heavy atom. The van der Waals surface area contributed by atoms with Gasteiger partial charge in [-0.1, -0.05) is 20.8 Å². The highest BCUT2D eigenvalue weighted by atomic mass is 15.2. The maximum Gasteiger partial charge on any atom is 0.0220 e. The molecule has 0 bridgehead atoms. The molecule has 2 rings (SSSR count). The predicted molar refractivity (Wildman–Crippen MR) is 65.0 cm³/mol. The molecule has 88 valence electrons. The molecule has 0 spiro atoms. The van der Waals surface area contributed by atoms with Gasteiger partial charge in [0.25, 0.3) is 0 Å². The molecule has 0 aromatic rings. The Morgan fingerprint density at radius 1 is 1.20 bits per heavy atom. The highest BCUT2D eigenvalue weighted by Gasteiger charge is 2.37. The minimum absolute atomic E-state index is 0.512. The van der Waals surface area contributed by atoms with Crippen LogP contribution in [0.1, 0.15) is 33.6 Å². The van der Waals surface area contributed by atoms with Gasteiger partial charge in [-0.15, -0.1) is 0 Å². The molecule has 1 atom stereocenters. The number of rotatable bonds is 2. The maximum absolute atomic E-state index is 2.64. The fourth-order valence-electron chi connectivity index (χ4n) is 2.77. The average molecular weight is 210 g/mol. The smallest absolute Gasteiger partial charge is 0.0220 e. The van der Waals surface area contributed by atoms with Crippen LogP contribution in [-0.2, 0) is 0 Å². The van der Waals surface area contributed by atoms with Gasteiger partial charge in [-0.25, -0.2) is 0 Å².